The van der Waals surface area contributed by atoms with E-state index in [1.54, 1.807) is 0 Å². The minimum atomic E-state index is 0.270. The standard InChI is InChI=1S/C14H31N3/c1-6-13(2,10-15)11-17(5)12-14(16(3)4)8-7-9-14/h6-12,15H2,1-5H3. The third-order valence-corrected chi connectivity index (χ3v) is 4.80. The molecule has 0 bridgehead atoms. The van der Waals surface area contributed by atoms with Gasteiger partial charge in [0.2, 0.25) is 0 Å². The van der Waals surface area contributed by atoms with Crippen molar-refractivity contribution in [2.24, 2.45) is 11.1 Å². The van der Waals surface area contributed by atoms with Gasteiger partial charge in [-0.1, -0.05) is 13.8 Å². The maximum Gasteiger partial charge on any atom is 0.0330 e. The first-order valence-corrected chi connectivity index (χ1v) is 6.93. The van der Waals surface area contributed by atoms with Crippen molar-refractivity contribution in [2.45, 2.75) is 45.1 Å². The molecule has 1 fully saturated rings. The highest BCUT2D eigenvalue weighted by atomic mass is 15.2. The second kappa shape index (κ2) is 5.68. The second-order valence-corrected chi connectivity index (χ2v) is 6.51. The van der Waals surface area contributed by atoms with E-state index in [9.17, 15) is 0 Å². The summed E-state index contributed by atoms with van der Waals surface area (Å²) in [5.74, 6) is 0. The Morgan fingerprint density at radius 2 is 1.82 bits per heavy atom. The Hall–Kier alpha value is -0.120. The molecule has 0 aromatic rings. The molecule has 0 radical (unpaired) electrons. The molecule has 17 heavy (non-hydrogen) atoms. The van der Waals surface area contributed by atoms with Gasteiger partial charge in [0, 0.05) is 18.6 Å². The van der Waals surface area contributed by atoms with Gasteiger partial charge < -0.3 is 15.5 Å². The molecule has 0 saturated heterocycles. The van der Waals surface area contributed by atoms with Gasteiger partial charge in [-0.15, -0.1) is 0 Å². The van der Waals surface area contributed by atoms with Crippen molar-refractivity contribution < 1.29 is 0 Å². The molecule has 0 aliphatic heterocycles. The third-order valence-electron chi connectivity index (χ3n) is 4.80. The summed E-state index contributed by atoms with van der Waals surface area (Å²) < 4.78 is 0. The molecule has 3 nitrogen and oxygen atoms in total. The topological polar surface area (TPSA) is 32.5 Å². The summed E-state index contributed by atoms with van der Waals surface area (Å²) in [5, 5.41) is 0. The average molecular weight is 241 g/mol. The van der Waals surface area contributed by atoms with E-state index in [4.69, 9.17) is 5.73 Å². The van der Waals surface area contributed by atoms with Crippen LogP contribution in [-0.4, -0.2) is 56.1 Å². The first-order chi connectivity index (χ1) is 7.87. The summed E-state index contributed by atoms with van der Waals surface area (Å²) in [5.41, 5.74) is 6.60. The van der Waals surface area contributed by atoms with Crippen LogP contribution in [0.5, 0.6) is 0 Å². The van der Waals surface area contributed by atoms with Gasteiger partial charge in [-0.2, -0.15) is 0 Å². The first-order valence-electron chi connectivity index (χ1n) is 6.93. The van der Waals surface area contributed by atoms with Gasteiger partial charge in [-0.25, -0.2) is 0 Å². The summed E-state index contributed by atoms with van der Waals surface area (Å²) in [6.07, 6.45) is 5.22. The van der Waals surface area contributed by atoms with Crippen LogP contribution in [0.3, 0.4) is 0 Å². The van der Waals surface area contributed by atoms with E-state index in [2.05, 4.69) is 44.8 Å². The molecular weight excluding hydrogens is 210 g/mol. The molecule has 0 aromatic carbocycles. The molecule has 0 aromatic heterocycles. The van der Waals surface area contributed by atoms with Gasteiger partial charge >= 0.3 is 0 Å². The van der Waals surface area contributed by atoms with E-state index < -0.39 is 0 Å². The Bertz CT molecular complexity index is 230. The average Bonchev–Trinajstić information content (AvgIpc) is 2.22. The van der Waals surface area contributed by atoms with Crippen molar-refractivity contribution >= 4 is 0 Å². The van der Waals surface area contributed by atoms with Crippen molar-refractivity contribution in [1.82, 2.24) is 9.80 Å². The Labute approximate surface area is 107 Å². The lowest BCUT2D eigenvalue weighted by molar-refractivity contribution is 0.0176. The van der Waals surface area contributed by atoms with E-state index in [0.717, 1.165) is 19.5 Å². The smallest absolute Gasteiger partial charge is 0.0330 e. The van der Waals surface area contributed by atoms with Crippen LogP contribution in [0.4, 0.5) is 0 Å². The zero-order chi connectivity index (χ0) is 13.1. The van der Waals surface area contributed by atoms with E-state index in [0.29, 0.717) is 5.54 Å². The fraction of sp³-hybridized carbons (Fsp3) is 1.00. The molecule has 1 aliphatic carbocycles. The maximum absolute atomic E-state index is 5.90. The highest BCUT2D eigenvalue weighted by Gasteiger charge is 2.40. The van der Waals surface area contributed by atoms with Gasteiger partial charge in [0.25, 0.3) is 0 Å². The molecule has 0 amide bonds. The molecule has 3 heteroatoms. The van der Waals surface area contributed by atoms with Crippen LogP contribution < -0.4 is 5.73 Å². The molecule has 2 N–H and O–H groups in total. The van der Waals surface area contributed by atoms with Gasteiger partial charge in [0.05, 0.1) is 0 Å². The molecule has 1 rings (SSSR count). The summed E-state index contributed by atoms with van der Waals surface area (Å²) in [7, 11) is 6.68. The number of hydrogen-bond donors (Lipinski definition) is 1. The molecule has 1 unspecified atom stereocenters. The van der Waals surface area contributed by atoms with Gasteiger partial charge in [0.1, 0.15) is 0 Å². The fourth-order valence-corrected chi connectivity index (χ4v) is 2.86. The van der Waals surface area contributed by atoms with Crippen LogP contribution in [0, 0.1) is 5.41 Å². The van der Waals surface area contributed by atoms with E-state index in [-0.39, 0.29) is 5.41 Å². The first kappa shape index (κ1) is 14.9. The van der Waals surface area contributed by atoms with E-state index in [1.165, 1.54) is 25.8 Å². The predicted octanol–water partition coefficient (Wildman–Crippen LogP) is 1.78. The molecule has 0 spiro atoms. The number of likely N-dealkylation sites (N-methyl/N-ethyl adjacent to an activating group) is 2. The number of rotatable bonds is 7. The van der Waals surface area contributed by atoms with Crippen LogP contribution >= 0.6 is 0 Å². The van der Waals surface area contributed by atoms with E-state index in [1.807, 2.05) is 0 Å². The third kappa shape index (κ3) is 3.43. The molecular formula is C14H31N3. The predicted molar refractivity (Wildman–Crippen MR) is 75.2 cm³/mol. The van der Waals surface area contributed by atoms with Gasteiger partial charge in [-0.3, -0.25) is 0 Å². The van der Waals surface area contributed by atoms with Gasteiger partial charge in [0.15, 0.2) is 0 Å². The van der Waals surface area contributed by atoms with Gasteiger partial charge in [-0.05, 0) is 58.8 Å². The Kier molecular flexibility index (Phi) is 4.99. The maximum atomic E-state index is 5.90. The van der Waals surface area contributed by atoms with Crippen molar-refractivity contribution in [1.29, 1.82) is 0 Å². The second-order valence-electron chi connectivity index (χ2n) is 6.51. The van der Waals surface area contributed by atoms with Crippen molar-refractivity contribution in [3.63, 3.8) is 0 Å². The minimum Gasteiger partial charge on any atom is -0.330 e. The molecule has 1 aliphatic rings. The highest BCUT2D eigenvalue weighted by Crippen LogP contribution is 2.37. The zero-order valence-corrected chi connectivity index (χ0v) is 12.4. The molecule has 0 heterocycles. The molecule has 1 saturated carbocycles. The number of nitrogens with zero attached hydrogens (tertiary/aromatic N) is 2. The van der Waals surface area contributed by atoms with Crippen LogP contribution in [0.15, 0.2) is 0 Å². The van der Waals surface area contributed by atoms with Crippen LogP contribution in [0.1, 0.15) is 39.5 Å². The summed E-state index contributed by atoms with van der Waals surface area (Å²) in [4.78, 5) is 4.90. The fourth-order valence-electron chi connectivity index (χ4n) is 2.86. The largest absolute Gasteiger partial charge is 0.330 e. The molecule has 102 valence electrons. The van der Waals surface area contributed by atoms with Crippen LogP contribution in [0.2, 0.25) is 0 Å². The Morgan fingerprint density at radius 3 is 2.12 bits per heavy atom. The summed E-state index contributed by atoms with van der Waals surface area (Å²) >= 11 is 0. The van der Waals surface area contributed by atoms with Crippen molar-refractivity contribution in [2.75, 3.05) is 40.8 Å². The SMILES string of the molecule is CCC(C)(CN)CN(C)CC1(N(C)C)CCC1. The number of hydrogen-bond acceptors (Lipinski definition) is 3. The zero-order valence-electron chi connectivity index (χ0n) is 12.4. The Morgan fingerprint density at radius 1 is 1.24 bits per heavy atom. The summed E-state index contributed by atoms with van der Waals surface area (Å²) in [6.45, 7) is 7.60. The normalized spacial score (nSPS) is 22.6. The van der Waals surface area contributed by atoms with E-state index >= 15 is 0 Å². The Balaban J connectivity index is 2.51. The lowest BCUT2D eigenvalue weighted by atomic mass is 9.75. The lowest BCUT2D eigenvalue weighted by Crippen LogP contribution is -2.57. The van der Waals surface area contributed by atoms with Crippen molar-refractivity contribution in [3.8, 4) is 0 Å². The van der Waals surface area contributed by atoms with Crippen molar-refractivity contribution in [3.05, 3.63) is 0 Å². The highest BCUT2D eigenvalue weighted by molar-refractivity contribution is 4.98. The monoisotopic (exact) mass is 241 g/mol. The van der Waals surface area contributed by atoms with Crippen LogP contribution in [0.25, 0.3) is 0 Å². The lowest BCUT2D eigenvalue weighted by Gasteiger charge is -2.50. The summed E-state index contributed by atoms with van der Waals surface area (Å²) in [6, 6.07) is 0. The molecule has 1 atom stereocenters. The van der Waals surface area contributed by atoms with Crippen LogP contribution in [-0.2, 0) is 0 Å². The quantitative estimate of drug-likeness (QED) is 0.737. The number of nitrogens with two attached hydrogens (primary N) is 1. The minimum absolute atomic E-state index is 0.270.